The summed E-state index contributed by atoms with van der Waals surface area (Å²) in [5.41, 5.74) is 2.47. The van der Waals surface area contributed by atoms with Crippen molar-refractivity contribution in [3.05, 3.63) is 50.8 Å². The maximum Gasteiger partial charge on any atom is 0.266 e. The van der Waals surface area contributed by atoms with E-state index in [1.807, 2.05) is 4.83 Å². The highest BCUT2D eigenvalue weighted by Crippen LogP contribution is 2.24. The summed E-state index contributed by atoms with van der Waals surface area (Å²) in [4.78, 5) is 13.8. The summed E-state index contributed by atoms with van der Waals surface area (Å²) in [6, 6.07) is 9.33. The Hall–Kier alpha value is -0.930. The zero-order chi connectivity index (χ0) is 14.8. The molecule has 106 valence electrons. The Kier molecular flexibility index (Phi) is 4.82. The molecule has 2 N–H and O–H groups in total. The zero-order valence-corrected chi connectivity index (χ0v) is 13.7. The maximum absolute atomic E-state index is 11.9. The number of halogens is 2. The van der Waals surface area contributed by atoms with E-state index in [2.05, 4.69) is 21.4 Å². The molecule has 0 saturated carbocycles. The van der Waals surface area contributed by atoms with Gasteiger partial charge in [-0.05, 0) is 36.4 Å². The topological polar surface area (TPSA) is 75.3 Å². The number of carbonyl (C=O) groups is 1. The smallest absolute Gasteiger partial charge is 0.266 e. The van der Waals surface area contributed by atoms with Gasteiger partial charge in [0.25, 0.3) is 15.9 Å². The number of hydrogen-bond acceptors (Lipinski definition) is 4. The number of carbonyl (C=O) groups excluding carboxylic acids is 1. The number of benzene rings is 1. The Morgan fingerprint density at radius 1 is 1.15 bits per heavy atom. The van der Waals surface area contributed by atoms with Crippen LogP contribution in [0.5, 0.6) is 0 Å². The van der Waals surface area contributed by atoms with Crippen molar-refractivity contribution in [2.75, 3.05) is 0 Å². The lowest BCUT2D eigenvalue weighted by Crippen LogP contribution is -2.41. The number of thiophene rings is 1. The molecule has 1 heterocycles. The molecule has 0 aliphatic carbocycles. The molecule has 2 rings (SSSR count). The lowest BCUT2D eigenvalue weighted by molar-refractivity contribution is 0.0945. The van der Waals surface area contributed by atoms with Gasteiger partial charge in [0.1, 0.15) is 4.21 Å². The van der Waals surface area contributed by atoms with Crippen LogP contribution in [-0.2, 0) is 10.0 Å². The van der Waals surface area contributed by atoms with Gasteiger partial charge in [-0.2, -0.15) is 0 Å². The van der Waals surface area contributed by atoms with Crippen molar-refractivity contribution in [2.24, 2.45) is 0 Å². The Morgan fingerprint density at radius 3 is 2.35 bits per heavy atom. The minimum atomic E-state index is -3.81. The van der Waals surface area contributed by atoms with Gasteiger partial charge in [0, 0.05) is 10.0 Å². The second-order valence-corrected chi connectivity index (χ2v) is 8.17. The normalized spacial score (nSPS) is 11.3. The van der Waals surface area contributed by atoms with Gasteiger partial charge >= 0.3 is 0 Å². The van der Waals surface area contributed by atoms with Crippen LogP contribution in [-0.4, -0.2) is 14.3 Å². The summed E-state index contributed by atoms with van der Waals surface area (Å²) in [6.45, 7) is 0. The fourth-order valence-electron chi connectivity index (χ4n) is 1.28. The van der Waals surface area contributed by atoms with Crippen molar-refractivity contribution < 1.29 is 13.2 Å². The van der Waals surface area contributed by atoms with E-state index in [4.69, 9.17) is 11.6 Å². The molecule has 0 aliphatic rings. The third-order valence-corrected chi connectivity index (χ3v) is 5.72. The van der Waals surface area contributed by atoms with Crippen molar-refractivity contribution in [1.29, 1.82) is 0 Å². The van der Waals surface area contributed by atoms with E-state index in [0.717, 1.165) is 15.8 Å². The van der Waals surface area contributed by atoms with Gasteiger partial charge in [-0.25, -0.2) is 8.42 Å². The molecular formula is C11H8BrClN2O3S2. The summed E-state index contributed by atoms with van der Waals surface area (Å²) in [5.74, 6) is -0.552. The van der Waals surface area contributed by atoms with Crippen LogP contribution in [0, 0.1) is 0 Å². The summed E-state index contributed by atoms with van der Waals surface area (Å²) in [6.07, 6.45) is 0. The van der Waals surface area contributed by atoms with Crippen molar-refractivity contribution in [3.8, 4) is 0 Å². The van der Waals surface area contributed by atoms with Crippen LogP contribution in [0.4, 0.5) is 0 Å². The molecule has 0 bridgehead atoms. The molecule has 1 aromatic carbocycles. The predicted molar refractivity (Wildman–Crippen MR) is 81.3 cm³/mol. The molecule has 0 saturated heterocycles. The Morgan fingerprint density at radius 2 is 1.80 bits per heavy atom. The fraction of sp³-hybridized carbons (Fsp3) is 0. The van der Waals surface area contributed by atoms with Crippen LogP contribution in [0.15, 0.2) is 45.1 Å². The highest BCUT2D eigenvalue weighted by atomic mass is 79.9. The molecule has 1 aromatic heterocycles. The monoisotopic (exact) mass is 394 g/mol. The van der Waals surface area contributed by atoms with Gasteiger partial charge in [0.2, 0.25) is 0 Å². The number of amides is 1. The quantitative estimate of drug-likeness (QED) is 0.782. The van der Waals surface area contributed by atoms with Crippen LogP contribution >= 0.6 is 38.9 Å². The third kappa shape index (κ3) is 3.80. The first kappa shape index (κ1) is 15.5. The molecule has 0 unspecified atom stereocenters. The lowest BCUT2D eigenvalue weighted by atomic mass is 10.2. The molecule has 0 spiro atoms. The SMILES string of the molecule is O=C(NNS(=O)(=O)c1ccc(Cl)s1)c1ccc(Br)cc1. The van der Waals surface area contributed by atoms with Crippen LogP contribution < -0.4 is 10.3 Å². The molecule has 5 nitrogen and oxygen atoms in total. The van der Waals surface area contributed by atoms with Gasteiger partial charge in [-0.15, -0.1) is 16.2 Å². The predicted octanol–water partition coefficient (Wildman–Crippen LogP) is 2.79. The van der Waals surface area contributed by atoms with E-state index in [-0.39, 0.29) is 4.21 Å². The van der Waals surface area contributed by atoms with E-state index in [1.54, 1.807) is 24.3 Å². The lowest BCUT2D eigenvalue weighted by Gasteiger charge is -2.06. The van der Waals surface area contributed by atoms with Gasteiger partial charge in [-0.1, -0.05) is 27.5 Å². The zero-order valence-electron chi connectivity index (χ0n) is 9.76. The first-order valence-electron chi connectivity index (χ1n) is 5.21. The average Bonchev–Trinajstić information content (AvgIpc) is 2.84. The fourth-order valence-corrected chi connectivity index (χ4v) is 3.87. The van der Waals surface area contributed by atoms with Gasteiger partial charge in [0.15, 0.2) is 0 Å². The largest absolute Gasteiger partial charge is 0.273 e. The second-order valence-electron chi connectivity index (χ2n) is 3.63. The van der Waals surface area contributed by atoms with Crippen LogP contribution in [0.1, 0.15) is 10.4 Å². The molecule has 2 aromatic rings. The molecule has 0 atom stereocenters. The number of sulfonamides is 1. The van der Waals surface area contributed by atoms with Crippen molar-refractivity contribution in [1.82, 2.24) is 10.3 Å². The van der Waals surface area contributed by atoms with Crippen LogP contribution in [0.3, 0.4) is 0 Å². The van der Waals surface area contributed by atoms with E-state index < -0.39 is 15.9 Å². The van der Waals surface area contributed by atoms with Gasteiger partial charge < -0.3 is 0 Å². The van der Waals surface area contributed by atoms with E-state index >= 15 is 0 Å². The number of hydrazine groups is 1. The summed E-state index contributed by atoms with van der Waals surface area (Å²) >= 11 is 9.82. The van der Waals surface area contributed by atoms with E-state index in [0.29, 0.717) is 9.90 Å². The second kappa shape index (κ2) is 6.23. The van der Waals surface area contributed by atoms with E-state index in [1.165, 1.54) is 12.1 Å². The molecular weight excluding hydrogens is 388 g/mol. The van der Waals surface area contributed by atoms with E-state index in [9.17, 15) is 13.2 Å². The Balaban J connectivity index is 2.05. The minimum Gasteiger partial charge on any atom is -0.273 e. The summed E-state index contributed by atoms with van der Waals surface area (Å²) in [7, 11) is -3.81. The third-order valence-electron chi connectivity index (χ3n) is 2.22. The summed E-state index contributed by atoms with van der Waals surface area (Å²) < 4.78 is 24.9. The Labute approximate surface area is 133 Å². The van der Waals surface area contributed by atoms with Gasteiger partial charge in [0.05, 0.1) is 4.34 Å². The minimum absolute atomic E-state index is 0.0265. The van der Waals surface area contributed by atoms with Gasteiger partial charge in [-0.3, -0.25) is 10.2 Å². The van der Waals surface area contributed by atoms with Crippen LogP contribution in [0.2, 0.25) is 4.34 Å². The number of hydrogen-bond donors (Lipinski definition) is 2. The Bertz CT molecular complexity index is 728. The highest BCUT2D eigenvalue weighted by molar-refractivity contribution is 9.10. The molecule has 0 fully saturated rings. The summed E-state index contributed by atoms with van der Waals surface area (Å²) in [5, 5.41) is 0. The molecule has 0 radical (unpaired) electrons. The van der Waals surface area contributed by atoms with Crippen molar-refractivity contribution in [2.45, 2.75) is 4.21 Å². The standard InChI is InChI=1S/C11H8BrClN2O3S2/c12-8-3-1-7(2-4-8)11(16)14-15-20(17,18)10-6-5-9(13)19-10/h1-6,15H,(H,14,16). The average molecular weight is 396 g/mol. The molecule has 1 amide bonds. The first-order chi connectivity index (χ1) is 9.38. The van der Waals surface area contributed by atoms with Crippen molar-refractivity contribution >= 4 is 54.8 Å². The number of nitrogens with one attached hydrogen (secondary N) is 2. The molecule has 0 aliphatic heterocycles. The van der Waals surface area contributed by atoms with Crippen molar-refractivity contribution in [3.63, 3.8) is 0 Å². The maximum atomic E-state index is 11.9. The number of rotatable bonds is 4. The first-order valence-corrected chi connectivity index (χ1v) is 8.68. The highest BCUT2D eigenvalue weighted by Gasteiger charge is 2.17. The molecule has 9 heteroatoms. The molecule has 20 heavy (non-hydrogen) atoms. The van der Waals surface area contributed by atoms with Crippen LogP contribution in [0.25, 0.3) is 0 Å².